The molecule has 8 nitrogen and oxygen atoms in total. The lowest BCUT2D eigenvalue weighted by Gasteiger charge is -2.41. The van der Waals surface area contributed by atoms with Crippen LogP contribution < -0.4 is 10.1 Å². The van der Waals surface area contributed by atoms with Gasteiger partial charge in [-0.25, -0.2) is 4.98 Å². The van der Waals surface area contributed by atoms with E-state index in [1.165, 1.54) is 17.5 Å². The standard InChI is InChI=1S/C27H36ClN5O3S2Si/c1-16-12-19(20-13-23(28)30-15-22(20)35-5)21(14-29-16)24(34)31-25-32-33-26(38-25)37-18-10-8-17(9-11-18)36-39(6,7)27(2,3)4/h12-15,17-18H,8-11H2,1-7H3,(H,31,32,34). The van der Waals surface area contributed by atoms with Gasteiger partial charge in [-0.1, -0.05) is 55.5 Å². The Balaban J connectivity index is 1.40. The molecule has 0 atom stereocenters. The zero-order valence-corrected chi connectivity index (χ0v) is 26.9. The van der Waals surface area contributed by atoms with E-state index in [2.05, 4.69) is 59.3 Å². The first kappa shape index (κ1) is 29.9. The van der Waals surface area contributed by atoms with Crippen LogP contribution in [0.15, 0.2) is 28.9 Å². The number of anilines is 1. The number of ether oxygens (including phenoxy) is 1. The summed E-state index contributed by atoms with van der Waals surface area (Å²) in [5.74, 6) is 0.182. The Labute approximate surface area is 244 Å². The quantitative estimate of drug-likeness (QED) is 0.159. The number of pyridine rings is 2. The van der Waals surface area contributed by atoms with Crippen LogP contribution in [0.1, 0.15) is 62.5 Å². The summed E-state index contributed by atoms with van der Waals surface area (Å²) in [5, 5.41) is 12.9. The highest BCUT2D eigenvalue weighted by molar-refractivity contribution is 8.01. The van der Waals surface area contributed by atoms with Crippen LogP contribution in [0, 0.1) is 6.92 Å². The van der Waals surface area contributed by atoms with Crippen LogP contribution in [-0.4, -0.2) is 52.9 Å². The fraction of sp³-hybridized carbons (Fsp3) is 0.519. The fourth-order valence-corrected chi connectivity index (χ4v) is 8.00. The molecule has 0 unspecified atom stereocenters. The Bertz CT molecular complexity index is 1320. The molecule has 1 saturated carbocycles. The monoisotopic (exact) mass is 605 g/mol. The van der Waals surface area contributed by atoms with Crippen LogP contribution in [0.2, 0.25) is 23.3 Å². The predicted octanol–water partition coefficient (Wildman–Crippen LogP) is 7.64. The Hall–Kier alpha value is -2.05. The zero-order chi connectivity index (χ0) is 28.4. The van der Waals surface area contributed by atoms with E-state index in [-0.39, 0.29) is 10.9 Å². The summed E-state index contributed by atoms with van der Waals surface area (Å²) in [4.78, 5) is 21.7. The molecule has 0 aliphatic heterocycles. The largest absolute Gasteiger partial charge is 0.494 e. The number of carbonyl (C=O) groups is 1. The molecule has 0 aromatic carbocycles. The van der Waals surface area contributed by atoms with E-state index in [0.29, 0.717) is 44.1 Å². The minimum Gasteiger partial charge on any atom is -0.494 e. The number of halogens is 1. The number of thioether (sulfide) groups is 1. The van der Waals surface area contributed by atoms with Crippen LogP contribution in [0.5, 0.6) is 5.75 Å². The molecule has 3 aromatic heterocycles. The van der Waals surface area contributed by atoms with E-state index in [1.54, 1.807) is 31.1 Å². The lowest BCUT2D eigenvalue weighted by atomic mass is 9.97. The second-order valence-corrected chi connectivity index (χ2v) is 19.0. The van der Waals surface area contributed by atoms with E-state index in [9.17, 15) is 4.79 Å². The van der Waals surface area contributed by atoms with Crippen LogP contribution in [0.3, 0.4) is 0 Å². The van der Waals surface area contributed by atoms with Crippen molar-refractivity contribution in [1.29, 1.82) is 0 Å². The molecule has 1 aliphatic carbocycles. The summed E-state index contributed by atoms with van der Waals surface area (Å²) in [6, 6.07) is 3.51. The van der Waals surface area contributed by atoms with Gasteiger partial charge in [0.05, 0.1) is 18.9 Å². The SMILES string of the molecule is COc1cnc(Cl)cc1-c1cc(C)ncc1C(=O)Nc1nnc(SC2CCC(O[Si](C)(C)C(C)(C)C)CC2)s1. The number of carbonyl (C=O) groups excluding carboxylic acids is 1. The summed E-state index contributed by atoms with van der Waals surface area (Å²) in [6.07, 6.45) is 7.74. The highest BCUT2D eigenvalue weighted by Crippen LogP contribution is 2.42. The van der Waals surface area contributed by atoms with Gasteiger partial charge in [-0.15, -0.1) is 10.2 Å². The Kier molecular flexibility index (Phi) is 9.37. The number of amides is 1. The van der Waals surface area contributed by atoms with Crippen molar-refractivity contribution in [3.63, 3.8) is 0 Å². The normalized spacial score (nSPS) is 18.2. The third-order valence-corrected chi connectivity index (χ3v) is 14.4. The third-order valence-electron chi connectivity index (χ3n) is 7.41. The van der Waals surface area contributed by atoms with Gasteiger partial charge in [-0.2, -0.15) is 0 Å². The number of hydrogen-bond acceptors (Lipinski definition) is 9. The van der Waals surface area contributed by atoms with Gasteiger partial charge in [0.2, 0.25) is 5.13 Å². The number of methoxy groups -OCH3 is 1. The second-order valence-electron chi connectivity index (χ2n) is 11.3. The number of aromatic nitrogens is 4. The number of nitrogens with zero attached hydrogens (tertiary/aromatic N) is 4. The molecule has 0 bridgehead atoms. The molecule has 1 N–H and O–H groups in total. The van der Waals surface area contributed by atoms with Gasteiger partial charge >= 0.3 is 0 Å². The first-order chi connectivity index (χ1) is 18.4. The van der Waals surface area contributed by atoms with Crippen LogP contribution in [0.4, 0.5) is 5.13 Å². The molecule has 3 aromatic rings. The van der Waals surface area contributed by atoms with Gasteiger partial charge in [0, 0.05) is 34.4 Å². The molecule has 4 rings (SSSR count). The minimum absolute atomic E-state index is 0.221. The first-order valence-electron chi connectivity index (χ1n) is 13.0. The minimum atomic E-state index is -1.75. The molecule has 39 heavy (non-hydrogen) atoms. The van der Waals surface area contributed by atoms with E-state index >= 15 is 0 Å². The van der Waals surface area contributed by atoms with Crippen molar-refractivity contribution in [2.75, 3.05) is 12.4 Å². The maximum Gasteiger partial charge on any atom is 0.259 e. The molecule has 0 radical (unpaired) electrons. The average molecular weight is 606 g/mol. The molecule has 210 valence electrons. The van der Waals surface area contributed by atoms with Gasteiger partial charge in [0.25, 0.3) is 5.91 Å². The van der Waals surface area contributed by atoms with Crippen molar-refractivity contribution in [1.82, 2.24) is 20.2 Å². The molecule has 1 fully saturated rings. The van der Waals surface area contributed by atoms with Gasteiger partial charge in [-0.3, -0.25) is 15.1 Å². The summed E-state index contributed by atoms with van der Waals surface area (Å²) < 4.78 is 13.0. The third kappa shape index (κ3) is 7.37. The van der Waals surface area contributed by atoms with E-state index < -0.39 is 8.32 Å². The van der Waals surface area contributed by atoms with Gasteiger partial charge in [-0.05, 0) is 62.9 Å². The van der Waals surface area contributed by atoms with Crippen molar-refractivity contribution in [2.24, 2.45) is 0 Å². The molecular formula is C27H36ClN5O3S2Si. The highest BCUT2D eigenvalue weighted by atomic mass is 35.5. The topological polar surface area (TPSA) is 99.1 Å². The van der Waals surface area contributed by atoms with Gasteiger partial charge in [0.1, 0.15) is 10.9 Å². The van der Waals surface area contributed by atoms with Crippen LogP contribution >= 0.6 is 34.7 Å². The molecule has 12 heteroatoms. The van der Waals surface area contributed by atoms with Crippen molar-refractivity contribution in [2.45, 2.75) is 87.2 Å². The van der Waals surface area contributed by atoms with Gasteiger partial charge < -0.3 is 9.16 Å². The number of rotatable bonds is 8. The first-order valence-corrected chi connectivity index (χ1v) is 18.0. The smallest absolute Gasteiger partial charge is 0.259 e. The fourth-order valence-electron chi connectivity index (χ4n) is 4.23. The number of aryl methyl sites for hydroxylation is 1. The number of nitrogens with one attached hydrogen (secondary N) is 1. The average Bonchev–Trinajstić information content (AvgIpc) is 3.30. The molecule has 0 saturated heterocycles. The molecule has 1 amide bonds. The van der Waals surface area contributed by atoms with Crippen LogP contribution in [0.25, 0.3) is 11.1 Å². The summed E-state index contributed by atoms with van der Waals surface area (Å²) in [7, 11) is -0.203. The summed E-state index contributed by atoms with van der Waals surface area (Å²) in [6.45, 7) is 13.4. The lowest BCUT2D eigenvalue weighted by Crippen LogP contribution is -2.44. The second kappa shape index (κ2) is 12.2. The van der Waals surface area contributed by atoms with Crippen molar-refractivity contribution >= 4 is 54.1 Å². The van der Waals surface area contributed by atoms with Crippen molar-refractivity contribution in [3.8, 4) is 16.9 Å². The molecule has 3 heterocycles. The Morgan fingerprint density at radius 2 is 1.82 bits per heavy atom. The zero-order valence-electron chi connectivity index (χ0n) is 23.5. The van der Waals surface area contributed by atoms with E-state index in [0.717, 1.165) is 35.7 Å². The Morgan fingerprint density at radius 3 is 2.49 bits per heavy atom. The highest BCUT2D eigenvalue weighted by Gasteiger charge is 2.40. The summed E-state index contributed by atoms with van der Waals surface area (Å²) >= 11 is 9.28. The van der Waals surface area contributed by atoms with E-state index in [4.69, 9.17) is 20.8 Å². The molecule has 0 spiro atoms. The Morgan fingerprint density at radius 1 is 1.10 bits per heavy atom. The van der Waals surface area contributed by atoms with Crippen LogP contribution in [-0.2, 0) is 4.43 Å². The summed E-state index contributed by atoms with van der Waals surface area (Å²) in [5.41, 5.74) is 2.45. The number of hydrogen-bond donors (Lipinski definition) is 1. The maximum atomic E-state index is 13.3. The maximum absolute atomic E-state index is 13.3. The van der Waals surface area contributed by atoms with Gasteiger partial charge in [0.15, 0.2) is 12.7 Å². The molecule has 1 aliphatic rings. The predicted molar refractivity (Wildman–Crippen MR) is 162 cm³/mol. The van der Waals surface area contributed by atoms with Crippen molar-refractivity contribution < 1.29 is 14.0 Å². The van der Waals surface area contributed by atoms with E-state index in [1.807, 2.05) is 13.0 Å². The lowest BCUT2D eigenvalue weighted by molar-refractivity contribution is 0.102. The van der Waals surface area contributed by atoms with Crippen molar-refractivity contribution in [3.05, 3.63) is 40.9 Å². The molecular weight excluding hydrogens is 570 g/mol.